The third-order valence-electron chi connectivity index (χ3n) is 3.89. The zero-order chi connectivity index (χ0) is 20.6. The number of hydrogen-bond donors (Lipinski definition) is 2. The summed E-state index contributed by atoms with van der Waals surface area (Å²) in [5.74, 6) is -0.945. The lowest BCUT2D eigenvalue weighted by Crippen LogP contribution is -2.20. The Bertz CT molecular complexity index is 989. The van der Waals surface area contributed by atoms with E-state index in [-0.39, 0.29) is 18.3 Å². The zero-order valence-electron chi connectivity index (χ0n) is 15.8. The largest absolute Gasteiger partial charge is 0.481 e. The standard InChI is InChI=1S/C21H20FN3O3S/c1-2-5-19(26)23-15-10-8-14(9-11-15)17-13-29-21(24-17)25-20(27)12-28-18-7-4-3-6-16(18)22/h3-4,6-11,13H,2,5,12H2,1H3,(H,23,26)(H,24,25,27). The average molecular weight is 413 g/mol. The van der Waals surface area contributed by atoms with E-state index >= 15 is 0 Å². The van der Waals surface area contributed by atoms with Crippen molar-refractivity contribution in [2.24, 2.45) is 0 Å². The van der Waals surface area contributed by atoms with Crippen molar-refractivity contribution < 1.29 is 18.7 Å². The number of carbonyl (C=O) groups is 2. The first kappa shape index (κ1) is 20.5. The molecule has 1 heterocycles. The van der Waals surface area contributed by atoms with E-state index in [0.29, 0.717) is 17.2 Å². The fourth-order valence-electron chi connectivity index (χ4n) is 2.50. The molecule has 8 heteroatoms. The molecule has 0 aliphatic rings. The highest BCUT2D eigenvalue weighted by molar-refractivity contribution is 7.14. The zero-order valence-corrected chi connectivity index (χ0v) is 16.6. The predicted octanol–water partition coefficient (Wildman–Crippen LogP) is 4.71. The van der Waals surface area contributed by atoms with E-state index in [4.69, 9.17) is 4.74 Å². The number of benzene rings is 2. The molecule has 0 saturated heterocycles. The normalized spacial score (nSPS) is 10.4. The van der Waals surface area contributed by atoms with Crippen LogP contribution < -0.4 is 15.4 Å². The number of ether oxygens (including phenoxy) is 1. The molecule has 0 bridgehead atoms. The van der Waals surface area contributed by atoms with Gasteiger partial charge in [0.15, 0.2) is 23.3 Å². The van der Waals surface area contributed by atoms with Crippen molar-refractivity contribution in [2.75, 3.05) is 17.2 Å². The van der Waals surface area contributed by atoms with Crippen LogP contribution in [0.5, 0.6) is 5.75 Å². The molecule has 6 nitrogen and oxygen atoms in total. The second kappa shape index (κ2) is 9.79. The van der Waals surface area contributed by atoms with Crippen molar-refractivity contribution in [1.82, 2.24) is 4.98 Å². The van der Waals surface area contributed by atoms with E-state index in [0.717, 1.165) is 17.7 Å². The lowest BCUT2D eigenvalue weighted by molar-refractivity contribution is -0.118. The molecular weight excluding hydrogens is 393 g/mol. The molecule has 29 heavy (non-hydrogen) atoms. The number of anilines is 2. The van der Waals surface area contributed by atoms with Crippen LogP contribution in [-0.4, -0.2) is 23.4 Å². The first-order valence-electron chi connectivity index (χ1n) is 9.08. The summed E-state index contributed by atoms with van der Waals surface area (Å²) < 4.78 is 18.7. The minimum Gasteiger partial charge on any atom is -0.481 e. The Morgan fingerprint density at radius 2 is 1.83 bits per heavy atom. The molecule has 0 spiro atoms. The summed E-state index contributed by atoms with van der Waals surface area (Å²) in [4.78, 5) is 28.0. The number of nitrogens with zero attached hydrogens (tertiary/aromatic N) is 1. The third-order valence-corrected chi connectivity index (χ3v) is 4.65. The van der Waals surface area contributed by atoms with Crippen LogP contribution in [0.3, 0.4) is 0 Å². The Morgan fingerprint density at radius 3 is 2.55 bits per heavy atom. The molecule has 2 aromatic carbocycles. The van der Waals surface area contributed by atoms with Crippen molar-refractivity contribution in [3.63, 3.8) is 0 Å². The Hall–Kier alpha value is -3.26. The molecular formula is C21H20FN3O3S. The third kappa shape index (κ3) is 5.86. The van der Waals surface area contributed by atoms with Gasteiger partial charge in [-0.15, -0.1) is 11.3 Å². The maximum atomic E-state index is 13.5. The molecule has 0 saturated carbocycles. The van der Waals surface area contributed by atoms with Gasteiger partial charge in [0.25, 0.3) is 5.91 Å². The van der Waals surface area contributed by atoms with Gasteiger partial charge in [-0.3, -0.25) is 14.9 Å². The molecule has 0 aliphatic heterocycles. The number of aromatic nitrogens is 1. The van der Waals surface area contributed by atoms with Gasteiger partial charge in [-0.2, -0.15) is 0 Å². The van der Waals surface area contributed by atoms with Gasteiger partial charge in [-0.25, -0.2) is 9.37 Å². The summed E-state index contributed by atoms with van der Waals surface area (Å²) in [6.07, 6.45) is 1.28. The molecule has 0 fully saturated rings. The quantitative estimate of drug-likeness (QED) is 0.561. The molecule has 0 unspecified atom stereocenters. The van der Waals surface area contributed by atoms with Crippen LogP contribution in [0.1, 0.15) is 19.8 Å². The van der Waals surface area contributed by atoms with Crippen LogP contribution in [0.25, 0.3) is 11.3 Å². The van der Waals surface area contributed by atoms with E-state index in [1.54, 1.807) is 12.1 Å². The maximum Gasteiger partial charge on any atom is 0.264 e. The molecule has 0 aliphatic carbocycles. The molecule has 3 rings (SSSR count). The monoisotopic (exact) mass is 413 g/mol. The number of halogens is 1. The van der Waals surface area contributed by atoms with Crippen molar-refractivity contribution in [3.05, 3.63) is 59.7 Å². The first-order valence-corrected chi connectivity index (χ1v) is 9.96. The van der Waals surface area contributed by atoms with Crippen LogP contribution in [-0.2, 0) is 9.59 Å². The van der Waals surface area contributed by atoms with Gasteiger partial charge >= 0.3 is 0 Å². The van der Waals surface area contributed by atoms with Crippen LogP contribution in [0, 0.1) is 5.82 Å². The van der Waals surface area contributed by atoms with Gasteiger partial charge in [0.2, 0.25) is 5.91 Å². The number of para-hydroxylation sites is 1. The minimum atomic E-state index is -0.522. The summed E-state index contributed by atoms with van der Waals surface area (Å²) in [7, 11) is 0. The molecule has 2 amide bonds. The summed E-state index contributed by atoms with van der Waals surface area (Å²) in [6.45, 7) is 1.63. The van der Waals surface area contributed by atoms with E-state index in [1.807, 2.05) is 36.6 Å². The maximum absolute atomic E-state index is 13.5. The van der Waals surface area contributed by atoms with Crippen molar-refractivity contribution in [1.29, 1.82) is 0 Å². The summed E-state index contributed by atoms with van der Waals surface area (Å²) in [5.41, 5.74) is 2.28. The Balaban J connectivity index is 1.55. The van der Waals surface area contributed by atoms with Gasteiger partial charge < -0.3 is 10.1 Å². The average Bonchev–Trinajstić information content (AvgIpc) is 3.16. The van der Waals surface area contributed by atoms with Crippen LogP contribution in [0.2, 0.25) is 0 Å². The van der Waals surface area contributed by atoms with E-state index in [1.165, 1.54) is 23.5 Å². The van der Waals surface area contributed by atoms with E-state index in [9.17, 15) is 14.0 Å². The summed E-state index contributed by atoms with van der Waals surface area (Å²) >= 11 is 1.28. The number of hydrogen-bond acceptors (Lipinski definition) is 5. The van der Waals surface area contributed by atoms with Gasteiger partial charge in [0, 0.05) is 23.1 Å². The fraction of sp³-hybridized carbons (Fsp3) is 0.190. The second-order valence-electron chi connectivity index (χ2n) is 6.18. The molecule has 0 radical (unpaired) electrons. The van der Waals surface area contributed by atoms with Gasteiger partial charge in [-0.05, 0) is 30.7 Å². The van der Waals surface area contributed by atoms with Crippen LogP contribution >= 0.6 is 11.3 Å². The van der Waals surface area contributed by atoms with Gasteiger partial charge in [-0.1, -0.05) is 31.2 Å². The number of thiazole rings is 1. The Morgan fingerprint density at radius 1 is 1.07 bits per heavy atom. The summed E-state index contributed by atoms with van der Waals surface area (Å²) in [6, 6.07) is 13.2. The molecule has 150 valence electrons. The summed E-state index contributed by atoms with van der Waals surface area (Å²) in [5, 5.41) is 7.70. The smallest absolute Gasteiger partial charge is 0.264 e. The highest BCUT2D eigenvalue weighted by Crippen LogP contribution is 2.26. The Labute approximate surface area is 171 Å². The minimum absolute atomic E-state index is 0.0171. The van der Waals surface area contributed by atoms with E-state index in [2.05, 4.69) is 15.6 Å². The topological polar surface area (TPSA) is 80.3 Å². The first-order chi connectivity index (χ1) is 14.0. The lowest BCUT2D eigenvalue weighted by Gasteiger charge is -2.06. The number of amides is 2. The van der Waals surface area contributed by atoms with Crippen molar-refractivity contribution >= 4 is 34.0 Å². The van der Waals surface area contributed by atoms with Gasteiger partial charge in [0.1, 0.15) is 0 Å². The SMILES string of the molecule is CCCC(=O)Nc1ccc(-c2csc(NC(=O)COc3ccccc3F)n2)cc1. The van der Waals surface area contributed by atoms with Gasteiger partial charge in [0.05, 0.1) is 5.69 Å². The number of rotatable bonds is 8. The molecule has 3 aromatic rings. The molecule has 2 N–H and O–H groups in total. The molecule has 0 atom stereocenters. The predicted molar refractivity (Wildman–Crippen MR) is 112 cm³/mol. The highest BCUT2D eigenvalue weighted by atomic mass is 32.1. The number of carbonyl (C=O) groups excluding carboxylic acids is 2. The highest BCUT2D eigenvalue weighted by Gasteiger charge is 2.10. The van der Waals surface area contributed by atoms with E-state index < -0.39 is 11.7 Å². The Kier molecular flexibility index (Phi) is 6.91. The lowest BCUT2D eigenvalue weighted by atomic mass is 10.1. The fourth-order valence-corrected chi connectivity index (χ4v) is 3.23. The van der Waals surface area contributed by atoms with Crippen molar-refractivity contribution in [3.8, 4) is 17.0 Å². The number of nitrogens with one attached hydrogen (secondary N) is 2. The second-order valence-corrected chi connectivity index (χ2v) is 7.04. The van der Waals surface area contributed by atoms with Crippen molar-refractivity contribution in [2.45, 2.75) is 19.8 Å². The van der Waals surface area contributed by atoms with Crippen LogP contribution in [0.4, 0.5) is 15.2 Å². The molecule has 1 aromatic heterocycles. The van der Waals surface area contributed by atoms with Crippen LogP contribution in [0.15, 0.2) is 53.9 Å².